The number of aromatic nitrogens is 3. The quantitative estimate of drug-likeness (QED) is 0.352. The summed E-state index contributed by atoms with van der Waals surface area (Å²) in [6.45, 7) is 8.77. The van der Waals surface area contributed by atoms with E-state index in [9.17, 15) is 8.42 Å². The van der Waals surface area contributed by atoms with Crippen LogP contribution in [-0.4, -0.2) is 61.9 Å². The fourth-order valence-corrected chi connectivity index (χ4v) is 4.93. The lowest BCUT2D eigenvalue weighted by Gasteiger charge is -2.34. The first-order chi connectivity index (χ1) is 15.2. The molecule has 3 heterocycles. The molecular formula is C23H31N5O2SSi. The molecule has 1 aliphatic rings. The molecule has 1 saturated heterocycles. The summed E-state index contributed by atoms with van der Waals surface area (Å²) in [5, 5.41) is 1.33. The Kier molecular flexibility index (Phi) is 8.18. The van der Waals surface area contributed by atoms with Crippen LogP contribution < -0.4 is 4.90 Å². The van der Waals surface area contributed by atoms with E-state index < -0.39 is 18.1 Å². The molecule has 3 rings (SSSR count). The Morgan fingerprint density at radius 3 is 2.41 bits per heavy atom. The van der Waals surface area contributed by atoms with Crippen LogP contribution >= 0.6 is 0 Å². The fourth-order valence-electron chi connectivity index (χ4n) is 3.19. The van der Waals surface area contributed by atoms with Gasteiger partial charge in [0.1, 0.15) is 19.7 Å². The highest BCUT2D eigenvalue weighted by molar-refractivity contribution is 7.92. The molecule has 7 nitrogen and oxygen atoms in total. The average Bonchev–Trinajstić information content (AvgIpc) is 2.78. The van der Waals surface area contributed by atoms with Crippen LogP contribution in [0.3, 0.4) is 0 Å². The van der Waals surface area contributed by atoms with Crippen LogP contribution in [0.2, 0.25) is 19.6 Å². The molecule has 0 radical (unpaired) electrons. The summed E-state index contributed by atoms with van der Waals surface area (Å²) in [5.41, 5.74) is 4.26. The Bertz CT molecular complexity index is 1060. The van der Waals surface area contributed by atoms with Crippen molar-refractivity contribution in [1.29, 1.82) is 0 Å². The average molecular weight is 470 g/mol. The molecule has 2 aromatic heterocycles. The number of unbranched alkanes of at least 4 members (excludes halogenated alkanes) is 1. The Labute approximate surface area is 192 Å². The molecule has 1 aliphatic heterocycles. The van der Waals surface area contributed by atoms with Gasteiger partial charge in [0.05, 0.1) is 0 Å². The third-order valence-electron chi connectivity index (χ3n) is 4.91. The second-order valence-corrected chi connectivity index (χ2v) is 15.3. The molecule has 170 valence electrons. The van der Waals surface area contributed by atoms with Gasteiger partial charge in [0.25, 0.3) is 0 Å². The molecule has 1 fully saturated rings. The van der Waals surface area contributed by atoms with E-state index in [1.165, 1.54) is 9.71 Å². The molecule has 0 aromatic carbocycles. The van der Waals surface area contributed by atoms with Gasteiger partial charge in [-0.25, -0.2) is 23.4 Å². The van der Waals surface area contributed by atoms with Crippen molar-refractivity contribution < 1.29 is 8.42 Å². The van der Waals surface area contributed by atoms with Crippen LogP contribution in [0.15, 0.2) is 48.3 Å². The molecule has 2 aromatic rings. The first-order valence-electron chi connectivity index (χ1n) is 10.9. The summed E-state index contributed by atoms with van der Waals surface area (Å²) in [7, 11) is -4.82. The number of nitrogens with zero attached hydrogens (tertiary/aromatic N) is 5. The van der Waals surface area contributed by atoms with Gasteiger partial charge in [0.15, 0.2) is 0 Å². The molecule has 0 amide bonds. The molecule has 32 heavy (non-hydrogen) atoms. The van der Waals surface area contributed by atoms with Gasteiger partial charge in [-0.2, -0.15) is 4.31 Å². The maximum Gasteiger partial charge on any atom is 0.236 e. The molecule has 0 unspecified atom stereocenters. The van der Waals surface area contributed by atoms with Crippen molar-refractivity contribution in [2.24, 2.45) is 0 Å². The third kappa shape index (κ3) is 7.55. The maximum atomic E-state index is 12.6. The Morgan fingerprint density at radius 1 is 1.06 bits per heavy atom. The molecule has 0 atom stereocenters. The SMILES string of the molecule is C[Si](C)(C)C#Cc1ccc(N2CCN(S(=O)(=O)C=CCCCc3ncccn3)CC2)nc1. The van der Waals surface area contributed by atoms with Crippen LogP contribution in [0.4, 0.5) is 5.82 Å². The van der Waals surface area contributed by atoms with Gasteiger partial charge in [-0.05, 0) is 31.0 Å². The van der Waals surface area contributed by atoms with Gasteiger partial charge < -0.3 is 4.90 Å². The van der Waals surface area contributed by atoms with E-state index in [0.29, 0.717) is 32.6 Å². The van der Waals surface area contributed by atoms with Crippen molar-refractivity contribution in [2.45, 2.75) is 38.9 Å². The largest absolute Gasteiger partial charge is 0.354 e. The van der Waals surface area contributed by atoms with E-state index in [1.54, 1.807) is 30.7 Å². The molecule has 0 saturated carbocycles. The van der Waals surface area contributed by atoms with Crippen molar-refractivity contribution in [2.75, 3.05) is 31.1 Å². The summed E-state index contributed by atoms with van der Waals surface area (Å²) in [6, 6.07) is 5.74. The standard InChI is InChI=1S/C23H31N5O2SSi/c1-32(2,3)19-11-21-9-10-23(26-20-21)27-14-16-28(17-15-27)31(29,30)18-6-4-5-8-22-24-12-7-13-25-22/h6-7,9-10,12-13,18,20H,4-5,8,14-17H2,1-3H3. The summed E-state index contributed by atoms with van der Waals surface area (Å²) in [4.78, 5) is 15.0. The van der Waals surface area contributed by atoms with Gasteiger partial charge in [0, 0.05) is 62.2 Å². The van der Waals surface area contributed by atoms with Crippen molar-refractivity contribution in [3.63, 3.8) is 0 Å². The molecule has 0 aliphatic carbocycles. The highest BCUT2D eigenvalue weighted by Crippen LogP contribution is 2.16. The zero-order valence-corrected chi connectivity index (χ0v) is 20.8. The summed E-state index contributed by atoms with van der Waals surface area (Å²) >= 11 is 0. The zero-order chi connectivity index (χ0) is 23.0. The van der Waals surface area contributed by atoms with Gasteiger partial charge >= 0.3 is 0 Å². The van der Waals surface area contributed by atoms with Crippen LogP contribution in [-0.2, 0) is 16.4 Å². The normalized spacial score (nSPS) is 15.5. The van der Waals surface area contributed by atoms with Gasteiger partial charge in [-0.15, -0.1) is 5.54 Å². The number of hydrogen-bond donors (Lipinski definition) is 0. The minimum atomic E-state index is -3.40. The lowest BCUT2D eigenvalue weighted by atomic mass is 10.2. The lowest BCUT2D eigenvalue weighted by Crippen LogP contribution is -2.48. The van der Waals surface area contributed by atoms with Crippen LogP contribution in [0.1, 0.15) is 24.2 Å². The highest BCUT2D eigenvalue weighted by Gasteiger charge is 2.25. The van der Waals surface area contributed by atoms with E-state index in [-0.39, 0.29) is 0 Å². The third-order valence-corrected chi connectivity index (χ3v) is 7.41. The summed E-state index contributed by atoms with van der Waals surface area (Å²) < 4.78 is 26.8. The van der Waals surface area contributed by atoms with E-state index in [4.69, 9.17) is 0 Å². The highest BCUT2D eigenvalue weighted by atomic mass is 32.2. The number of piperazine rings is 1. The summed E-state index contributed by atoms with van der Waals surface area (Å²) in [5.74, 6) is 4.85. The van der Waals surface area contributed by atoms with Crippen molar-refractivity contribution in [3.8, 4) is 11.5 Å². The fraction of sp³-hybridized carbons (Fsp3) is 0.435. The first kappa shape index (κ1) is 24.1. The topological polar surface area (TPSA) is 79.3 Å². The van der Waals surface area contributed by atoms with E-state index in [1.807, 2.05) is 12.1 Å². The van der Waals surface area contributed by atoms with Crippen LogP contribution in [0.5, 0.6) is 0 Å². The van der Waals surface area contributed by atoms with Crippen molar-refractivity contribution >= 4 is 23.9 Å². The molecule has 0 N–H and O–H groups in total. The molecule has 0 bridgehead atoms. The summed E-state index contributed by atoms with van der Waals surface area (Å²) in [6.07, 6.45) is 9.19. The Hall–Kier alpha value is -2.54. The van der Waals surface area contributed by atoms with Crippen molar-refractivity contribution in [3.05, 3.63) is 59.7 Å². The maximum absolute atomic E-state index is 12.6. The van der Waals surface area contributed by atoms with Crippen LogP contribution in [0, 0.1) is 11.5 Å². The van der Waals surface area contributed by atoms with Gasteiger partial charge in [0.2, 0.25) is 10.0 Å². The monoisotopic (exact) mass is 469 g/mol. The second kappa shape index (κ2) is 10.9. The number of rotatable bonds is 7. The van der Waals surface area contributed by atoms with Crippen LogP contribution in [0.25, 0.3) is 0 Å². The second-order valence-electron chi connectivity index (χ2n) is 8.77. The van der Waals surface area contributed by atoms with Gasteiger partial charge in [-0.3, -0.25) is 0 Å². The van der Waals surface area contributed by atoms with Crippen molar-refractivity contribution in [1.82, 2.24) is 19.3 Å². The zero-order valence-electron chi connectivity index (χ0n) is 19.0. The predicted molar refractivity (Wildman–Crippen MR) is 131 cm³/mol. The molecular weight excluding hydrogens is 438 g/mol. The lowest BCUT2D eigenvalue weighted by molar-refractivity contribution is 0.388. The minimum absolute atomic E-state index is 0.448. The van der Waals surface area contributed by atoms with E-state index >= 15 is 0 Å². The number of allylic oxidation sites excluding steroid dienone is 1. The smallest absolute Gasteiger partial charge is 0.236 e. The Balaban J connectivity index is 1.47. The van der Waals surface area contributed by atoms with E-state index in [2.05, 4.69) is 51.0 Å². The number of aryl methyl sites for hydroxylation is 1. The number of sulfonamides is 1. The predicted octanol–water partition coefficient (Wildman–Crippen LogP) is 3.09. The Morgan fingerprint density at radius 2 is 1.78 bits per heavy atom. The minimum Gasteiger partial charge on any atom is -0.354 e. The number of pyridine rings is 1. The molecule has 9 heteroatoms. The molecule has 0 spiro atoms. The number of anilines is 1. The first-order valence-corrected chi connectivity index (χ1v) is 15.9. The van der Waals surface area contributed by atoms with E-state index in [0.717, 1.165) is 30.0 Å². The van der Waals surface area contributed by atoms with Gasteiger partial charge in [-0.1, -0.05) is 31.6 Å². The number of hydrogen-bond acceptors (Lipinski definition) is 6.